The van der Waals surface area contributed by atoms with Crippen LogP contribution in [-0.2, 0) is 0 Å². The van der Waals surface area contributed by atoms with Crippen molar-refractivity contribution in [2.75, 3.05) is 0 Å². The molecule has 0 fully saturated rings. The second kappa shape index (κ2) is 2.59. The zero-order chi connectivity index (χ0) is 8.39. The van der Waals surface area contributed by atoms with Crippen molar-refractivity contribution in [3.05, 3.63) is 36.2 Å². The molecule has 0 aliphatic carbocycles. The molecule has 0 amide bonds. The molecule has 0 atom stereocenters. The van der Waals surface area contributed by atoms with E-state index >= 15 is 0 Å². The molecule has 0 radical (unpaired) electrons. The van der Waals surface area contributed by atoms with Crippen LogP contribution in [0.1, 0.15) is 5.56 Å². The van der Waals surface area contributed by atoms with Gasteiger partial charge in [0, 0.05) is 10.8 Å². The van der Waals surface area contributed by atoms with E-state index in [9.17, 15) is 0 Å². The highest BCUT2D eigenvalue weighted by Gasteiger charge is 1.97. The van der Waals surface area contributed by atoms with Crippen LogP contribution in [0.2, 0.25) is 0 Å². The van der Waals surface area contributed by atoms with E-state index < -0.39 is 0 Å². The molecule has 56 valence electrons. The molecule has 0 aliphatic heterocycles. The van der Waals surface area contributed by atoms with Crippen molar-refractivity contribution in [1.82, 2.24) is 10.2 Å². The Hall–Kier alpha value is -1.95. The third-order valence-corrected chi connectivity index (χ3v) is 1.71. The molecular formula is C9H5N3. The predicted molar refractivity (Wildman–Crippen MR) is 44.3 cm³/mol. The summed E-state index contributed by atoms with van der Waals surface area (Å²) in [4.78, 5) is 0. The van der Waals surface area contributed by atoms with Crippen molar-refractivity contribution < 1.29 is 0 Å². The summed E-state index contributed by atoms with van der Waals surface area (Å²) < 4.78 is 0. The van der Waals surface area contributed by atoms with Crippen molar-refractivity contribution in [3.8, 4) is 6.07 Å². The van der Waals surface area contributed by atoms with Crippen molar-refractivity contribution in [2.24, 2.45) is 0 Å². The van der Waals surface area contributed by atoms with Crippen LogP contribution in [0, 0.1) is 11.3 Å². The molecule has 0 saturated carbocycles. The molecule has 3 heteroatoms. The number of nitriles is 1. The smallest absolute Gasteiger partial charge is 0.0998 e. The van der Waals surface area contributed by atoms with E-state index in [0.29, 0.717) is 5.56 Å². The van der Waals surface area contributed by atoms with Crippen LogP contribution in [0.5, 0.6) is 0 Å². The van der Waals surface area contributed by atoms with Gasteiger partial charge in [-0.15, -0.1) is 0 Å². The van der Waals surface area contributed by atoms with E-state index in [-0.39, 0.29) is 0 Å². The first kappa shape index (κ1) is 6.74. The maximum absolute atomic E-state index is 8.74. The van der Waals surface area contributed by atoms with Crippen molar-refractivity contribution in [1.29, 1.82) is 5.26 Å². The molecule has 0 bridgehead atoms. The highest BCUT2D eigenvalue weighted by Crippen LogP contribution is 2.14. The zero-order valence-electron chi connectivity index (χ0n) is 6.23. The molecule has 0 saturated heterocycles. The molecule has 2 rings (SSSR count). The second-order valence-corrected chi connectivity index (χ2v) is 2.41. The minimum absolute atomic E-state index is 0.641. The normalized spacial score (nSPS) is 9.58. The Morgan fingerprint density at radius 3 is 2.83 bits per heavy atom. The first-order chi connectivity index (χ1) is 5.92. The van der Waals surface area contributed by atoms with Crippen LogP contribution in [0.4, 0.5) is 0 Å². The minimum Gasteiger partial charge on any atom is -0.192 e. The maximum atomic E-state index is 8.74. The summed E-state index contributed by atoms with van der Waals surface area (Å²) in [6, 6.07) is 7.61. The van der Waals surface area contributed by atoms with Crippen molar-refractivity contribution in [3.63, 3.8) is 0 Å². The Morgan fingerprint density at radius 2 is 2.00 bits per heavy atom. The first-order valence-electron chi connectivity index (χ1n) is 3.51. The molecule has 0 spiro atoms. The SMILES string of the molecule is N#Cc1cccc2cnncc12. The number of rotatable bonds is 0. The van der Waals surface area contributed by atoms with E-state index in [2.05, 4.69) is 16.3 Å². The number of nitrogens with zero attached hydrogens (tertiary/aromatic N) is 3. The molecule has 0 N–H and O–H groups in total. The Bertz CT molecular complexity index is 451. The number of fused-ring (bicyclic) bond motifs is 1. The van der Waals surface area contributed by atoms with Crippen molar-refractivity contribution >= 4 is 10.8 Å². The minimum atomic E-state index is 0.641. The number of hydrogen-bond donors (Lipinski definition) is 0. The topological polar surface area (TPSA) is 49.6 Å². The molecule has 1 aromatic heterocycles. The number of hydrogen-bond acceptors (Lipinski definition) is 3. The lowest BCUT2D eigenvalue weighted by Crippen LogP contribution is -1.83. The lowest BCUT2D eigenvalue weighted by atomic mass is 10.1. The van der Waals surface area contributed by atoms with Crippen LogP contribution in [0.25, 0.3) is 10.8 Å². The van der Waals surface area contributed by atoms with Crippen LogP contribution in [-0.4, -0.2) is 10.2 Å². The van der Waals surface area contributed by atoms with E-state index in [0.717, 1.165) is 10.8 Å². The highest BCUT2D eigenvalue weighted by molar-refractivity contribution is 5.86. The third-order valence-electron chi connectivity index (χ3n) is 1.71. The monoisotopic (exact) mass is 155 g/mol. The lowest BCUT2D eigenvalue weighted by Gasteiger charge is -1.95. The Kier molecular flexibility index (Phi) is 1.45. The van der Waals surface area contributed by atoms with E-state index in [1.165, 1.54) is 0 Å². The van der Waals surface area contributed by atoms with Crippen LogP contribution in [0.3, 0.4) is 0 Å². The van der Waals surface area contributed by atoms with Gasteiger partial charge in [-0.1, -0.05) is 12.1 Å². The van der Waals surface area contributed by atoms with Crippen LogP contribution >= 0.6 is 0 Å². The number of aromatic nitrogens is 2. The van der Waals surface area contributed by atoms with Gasteiger partial charge in [0.1, 0.15) is 0 Å². The predicted octanol–water partition coefficient (Wildman–Crippen LogP) is 1.50. The molecule has 0 unspecified atom stereocenters. The van der Waals surface area contributed by atoms with Gasteiger partial charge < -0.3 is 0 Å². The molecule has 1 aromatic carbocycles. The summed E-state index contributed by atoms with van der Waals surface area (Å²) in [5.41, 5.74) is 0.641. The van der Waals surface area contributed by atoms with Gasteiger partial charge in [-0.2, -0.15) is 15.5 Å². The van der Waals surface area contributed by atoms with E-state index in [1.54, 1.807) is 18.5 Å². The van der Waals surface area contributed by atoms with Crippen LogP contribution < -0.4 is 0 Å². The second-order valence-electron chi connectivity index (χ2n) is 2.41. The van der Waals surface area contributed by atoms with Gasteiger partial charge in [0.05, 0.1) is 24.0 Å². The Labute approximate surface area is 69.3 Å². The summed E-state index contributed by atoms with van der Waals surface area (Å²) in [6.45, 7) is 0. The fraction of sp³-hybridized carbons (Fsp3) is 0. The standard InChI is InChI=1S/C9H5N3/c10-4-7-2-1-3-8-5-11-12-6-9(7)8/h1-3,5-6H. The summed E-state index contributed by atoms with van der Waals surface area (Å²) in [5, 5.41) is 18.0. The number of benzene rings is 1. The Balaban J connectivity index is 2.91. The van der Waals surface area contributed by atoms with Gasteiger partial charge in [0.25, 0.3) is 0 Å². The van der Waals surface area contributed by atoms with Gasteiger partial charge in [-0.3, -0.25) is 0 Å². The van der Waals surface area contributed by atoms with Gasteiger partial charge in [-0.25, -0.2) is 0 Å². The average molecular weight is 155 g/mol. The van der Waals surface area contributed by atoms with E-state index in [4.69, 9.17) is 5.26 Å². The largest absolute Gasteiger partial charge is 0.192 e. The molecule has 3 nitrogen and oxygen atoms in total. The van der Waals surface area contributed by atoms with Gasteiger partial charge in [-0.05, 0) is 6.07 Å². The average Bonchev–Trinajstić information content (AvgIpc) is 2.17. The zero-order valence-corrected chi connectivity index (χ0v) is 6.23. The molecule has 1 heterocycles. The summed E-state index contributed by atoms with van der Waals surface area (Å²) in [7, 11) is 0. The molecule has 0 aliphatic rings. The fourth-order valence-electron chi connectivity index (χ4n) is 1.12. The third kappa shape index (κ3) is 0.903. The highest BCUT2D eigenvalue weighted by atomic mass is 15.1. The molecule has 2 aromatic rings. The van der Waals surface area contributed by atoms with E-state index in [1.807, 2.05) is 12.1 Å². The molecular weight excluding hydrogens is 150 g/mol. The quantitative estimate of drug-likeness (QED) is 0.579. The van der Waals surface area contributed by atoms with Gasteiger partial charge >= 0.3 is 0 Å². The van der Waals surface area contributed by atoms with Gasteiger partial charge in [0.2, 0.25) is 0 Å². The maximum Gasteiger partial charge on any atom is 0.0998 e. The summed E-state index contributed by atoms with van der Waals surface area (Å²) in [6.07, 6.45) is 3.25. The molecule has 12 heavy (non-hydrogen) atoms. The lowest BCUT2D eigenvalue weighted by molar-refractivity contribution is 1.05. The fourth-order valence-corrected chi connectivity index (χ4v) is 1.12. The summed E-state index contributed by atoms with van der Waals surface area (Å²) in [5.74, 6) is 0. The Morgan fingerprint density at radius 1 is 1.17 bits per heavy atom. The van der Waals surface area contributed by atoms with Crippen LogP contribution in [0.15, 0.2) is 30.6 Å². The first-order valence-corrected chi connectivity index (χ1v) is 3.51. The van der Waals surface area contributed by atoms with Crippen molar-refractivity contribution in [2.45, 2.75) is 0 Å². The summed E-state index contributed by atoms with van der Waals surface area (Å²) >= 11 is 0. The van der Waals surface area contributed by atoms with Gasteiger partial charge in [0.15, 0.2) is 0 Å².